The number of ether oxygens (including phenoxy) is 2. The molecule has 1 aliphatic rings. The average Bonchev–Trinajstić information content (AvgIpc) is 1.64. The van der Waals surface area contributed by atoms with Crippen LogP contribution in [0.2, 0.25) is 0 Å². The van der Waals surface area contributed by atoms with Crippen LogP contribution in [0.5, 0.6) is 11.5 Å². The molecular weight excluding hydrogens is 1250 g/mol. The first kappa shape index (κ1) is 67.8. The Hall–Kier alpha value is -2.63. The number of fused-ring (bicyclic) bond motifs is 2. The highest BCUT2D eigenvalue weighted by molar-refractivity contribution is 8.09. The Morgan fingerprint density at radius 1 is 0.384 bits per heavy atom. The molecule has 9 rings (SSSR count). The monoisotopic (exact) mass is 1340 g/mol. The molecular formula is C72H94O4S10. The molecule has 14 heteroatoms. The van der Waals surface area contributed by atoms with E-state index in [4.69, 9.17) is 9.47 Å². The molecule has 0 radical (unpaired) electrons. The lowest BCUT2D eigenvalue weighted by atomic mass is 10.0. The van der Waals surface area contributed by atoms with Gasteiger partial charge in [0.15, 0.2) is 0 Å². The van der Waals surface area contributed by atoms with Crippen molar-refractivity contribution >= 4 is 143 Å². The summed E-state index contributed by atoms with van der Waals surface area (Å²) in [5.74, 6) is 1.76. The molecule has 0 fully saturated rings. The van der Waals surface area contributed by atoms with E-state index < -0.39 is 9.84 Å². The Morgan fingerprint density at radius 2 is 0.767 bits per heavy atom. The SMILES string of the molecule is CCCCCCOc1c2cc(-c3sc(-c4cc(CCCCCC)c(-c5ccc(SC)s5)s4)cc3CCCCCC)sc2c(OCCCCCC)c2cc(C3=C(CCCCCC)C=C(c4cc(CCCCCC)c(-c5ccc(SC)s5)s4)S3(=O)=O)sc12. The van der Waals surface area contributed by atoms with Crippen molar-refractivity contribution in [2.45, 2.75) is 230 Å². The highest BCUT2D eigenvalue weighted by Crippen LogP contribution is 2.57. The molecule has 0 saturated carbocycles. The van der Waals surface area contributed by atoms with E-state index in [0.29, 0.717) is 23.0 Å². The fourth-order valence-corrected chi connectivity index (χ4v) is 23.8. The first-order valence-corrected chi connectivity index (χ1v) is 42.4. The van der Waals surface area contributed by atoms with Crippen LogP contribution < -0.4 is 9.47 Å². The van der Waals surface area contributed by atoms with Crippen LogP contribution in [0.25, 0.3) is 69.0 Å². The van der Waals surface area contributed by atoms with Crippen LogP contribution >= 0.6 is 103 Å². The zero-order chi connectivity index (χ0) is 60.4. The summed E-state index contributed by atoms with van der Waals surface area (Å²) in [7, 11) is -3.92. The quantitative estimate of drug-likeness (QED) is 0.0282. The number of unbranched alkanes of at least 4 members (excludes halogenated alkanes) is 18. The van der Waals surface area contributed by atoms with Gasteiger partial charge in [0.05, 0.1) is 40.8 Å². The van der Waals surface area contributed by atoms with Gasteiger partial charge in [-0.15, -0.1) is 103 Å². The van der Waals surface area contributed by atoms with E-state index in [1.165, 1.54) is 148 Å². The van der Waals surface area contributed by atoms with E-state index in [9.17, 15) is 0 Å². The topological polar surface area (TPSA) is 52.6 Å². The predicted octanol–water partition coefficient (Wildman–Crippen LogP) is 27.0. The molecule has 466 valence electrons. The highest BCUT2D eigenvalue weighted by Gasteiger charge is 2.38. The molecule has 1 aliphatic heterocycles. The van der Waals surface area contributed by atoms with Gasteiger partial charge in [-0.25, -0.2) is 8.42 Å². The van der Waals surface area contributed by atoms with Crippen molar-refractivity contribution < 1.29 is 17.9 Å². The summed E-state index contributed by atoms with van der Waals surface area (Å²) in [6.45, 7) is 14.9. The van der Waals surface area contributed by atoms with Crippen LogP contribution in [0.15, 0.2) is 74.7 Å². The van der Waals surface area contributed by atoms with Gasteiger partial charge >= 0.3 is 0 Å². The number of hydrogen-bond donors (Lipinski definition) is 0. The molecule has 0 spiro atoms. The molecule has 0 atom stereocenters. The minimum atomic E-state index is -3.92. The third-order valence-corrected chi connectivity index (χ3v) is 29.7. The predicted molar refractivity (Wildman–Crippen MR) is 394 cm³/mol. The van der Waals surface area contributed by atoms with E-state index in [1.807, 2.05) is 68.4 Å². The van der Waals surface area contributed by atoms with Crippen molar-refractivity contribution in [3.63, 3.8) is 0 Å². The third kappa shape index (κ3) is 16.7. The molecule has 8 aromatic rings. The number of aryl methyl sites for hydroxylation is 3. The summed E-state index contributed by atoms with van der Waals surface area (Å²) in [4.78, 5) is 13.3. The lowest BCUT2D eigenvalue weighted by Crippen LogP contribution is -2.01. The molecule has 4 nitrogen and oxygen atoms in total. The summed E-state index contributed by atoms with van der Waals surface area (Å²) >= 11 is 16.5. The van der Waals surface area contributed by atoms with Gasteiger partial charge in [-0.05, 0) is 160 Å². The maximum atomic E-state index is 15.8. The zero-order valence-electron chi connectivity index (χ0n) is 52.7. The van der Waals surface area contributed by atoms with Crippen molar-refractivity contribution in [2.24, 2.45) is 0 Å². The number of sulfone groups is 1. The van der Waals surface area contributed by atoms with Gasteiger partial charge in [0.1, 0.15) is 11.5 Å². The van der Waals surface area contributed by atoms with E-state index >= 15 is 8.42 Å². The van der Waals surface area contributed by atoms with E-state index in [-0.39, 0.29) is 0 Å². The summed E-state index contributed by atoms with van der Waals surface area (Å²) < 4.78 is 50.8. The van der Waals surface area contributed by atoms with Crippen molar-refractivity contribution in [2.75, 3.05) is 25.7 Å². The van der Waals surface area contributed by atoms with Gasteiger partial charge in [-0.3, -0.25) is 0 Å². The summed E-state index contributed by atoms with van der Waals surface area (Å²) in [5.41, 5.74) is 5.15. The van der Waals surface area contributed by atoms with Crippen LogP contribution in [0.3, 0.4) is 0 Å². The zero-order valence-corrected chi connectivity index (χ0v) is 60.9. The molecule has 0 amide bonds. The smallest absolute Gasteiger partial charge is 0.209 e. The summed E-state index contributed by atoms with van der Waals surface area (Å²) in [6, 6.07) is 21.1. The van der Waals surface area contributed by atoms with Gasteiger partial charge < -0.3 is 9.47 Å². The summed E-state index contributed by atoms with van der Waals surface area (Å²) in [5, 5.41) is 2.06. The van der Waals surface area contributed by atoms with Gasteiger partial charge in [0, 0.05) is 59.5 Å². The standard InChI is InChI=1S/C72H94O4S10/c1-9-15-21-27-33-49-43-57(81-67(49)55-37-39-63(77-7)79-55)58-44-50(34-28-22-16-10-2)69(82-58)60-47-53-65(75-41-31-25-19-13-5)71-54(66(70(53)84-60)76-42-32-26-20-14-6)48-61(85-71)72-52(36-30-24-18-12-4)46-62(86(72,73)74)59-45-51(35-29-23-17-11-3)68(83-59)56-38-40-64(78-8)80-56/h37-40,43-48H,9-36,41-42H2,1-8H3. The molecule has 86 heavy (non-hydrogen) atoms. The van der Waals surface area contributed by atoms with E-state index in [1.54, 1.807) is 34.4 Å². The maximum Gasteiger partial charge on any atom is 0.209 e. The van der Waals surface area contributed by atoms with Gasteiger partial charge in [0.2, 0.25) is 9.84 Å². The molecule has 0 unspecified atom stereocenters. The van der Waals surface area contributed by atoms with Crippen LogP contribution in [0.1, 0.15) is 229 Å². The van der Waals surface area contributed by atoms with Gasteiger partial charge in [-0.2, -0.15) is 0 Å². The van der Waals surface area contributed by atoms with Crippen molar-refractivity contribution in [1.82, 2.24) is 0 Å². The first-order valence-electron chi connectivity index (χ1n) is 32.8. The molecule has 8 heterocycles. The first-order chi connectivity index (χ1) is 42.1. The Bertz CT molecular complexity index is 3530. The van der Waals surface area contributed by atoms with Crippen molar-refractivity contribution in [3.8, 4) is 50.5 Å². The van der Waals surface area contributed by atoms with Crippen LogP contribution in [0.4, 0.5) is 0 Å². The van der Waals surface area contributed by atoms with Crippen LogP contribution in [-0.2, 0) is 29.1 Å². The number of thioether (sulfide) groups is 2. The molecule has 0 saturated heterocycles. The number of benzene rings is 1. The minimum Gasteiger partial charge on any atom is -0.491 e. The third-order valence-electron chi connectivity index (χ3n) is 16.6. The van der Waals surface area contributed by atoms with Crippen LogP contribution in [0, 0.1) is 0 Å². The number of allylic oxidation sites excluding steroid dienone is 2. The Morgan fingerprint density at radius 3 is 1.20 bits per heavy atom. The van der Waals surface area contributed by atoms with Crippen LogP contribution in [-0.4, -0.2) is 34.1 Å². The fourth-order valence-electron chi connectivity index (χ4n) is 11.8. The Balaban J connectivity index is 1.19. The Kier molecular flexibility index (Phi) is 26.9. The second-order valence-corrected chi connectivity index (χ2v) is 34.8. The maximum absolute atomic E-state index is 15.8. The molecule has 1 aromatic carbocycles. The van der Waals surface area contributed by atoms with Gasteiger partial charge in [0.25, 0.3) is 0 Å². The highest BCUT2D eigenvalue weighted by atomic mass is 32.2. The average molecular weight is 1340 g/mol. The molecule has 7 aromatic heterocycles. The second kappa shape index (κ2) is 34.2. The number of hydrogen-bond acceptors (Lipinski definition) is 13. The largest absolute Gasteiger partial charge is 0.491 e. The lowest BCUT2D eigenvalue weighted by Gasteiger charge is -2.13. The Labute approximate surface area is 554 Å². The van der Waals surface area contributed by atoms with Gasteiger partial charge in [-0.1, -0.05) is 157 Å². The van der Waals surface area contributed by atoms with Crippen molar-refractivity contribution in [3.05, 3.63) is 92.7 Å². The normalized spacial score (nSPS) is 13.4. The van der Waals surface area contributed by atoms with E-state index in [0.717, 1.165) is 143 Å². The molecule has 0 aliphatic carbocycles. The van der Waals surface area contributed by atoms with Crippen molar-refractivity contribution in [1.29, 1.82) is 0 Å². The molecule has 0 bridgehead atoms. The minimum absolute atomic E-state index is 0.465. The fraction of sp³-hybridized carbons (Fsp3) is 0.528. The lowest BCUT2D eigenvalue weighted by molar-refractivity contribution is 0.307. The summed E-state index contributed by atoms with van der Waals surface area (Å²) in [6.07, 6.45) is 37.9. The molecule has 0 N–H and O–H groups in total. The second-order valence-electron chi connectivity index (χ2n) is 23.3. The van der Waals surface area contributed by atoms with E-state index in [2.05, 4.69) is 115 Å². The number of rotatable bonds is 40. The number of thiophene rings is 7.